The van der Waals surface area contributed by atoms with Gasteiger partial charge in [-0.2, -0.15) is 0 Å². The second-order valence-electron chi connectivity index (χ2n) is 7.51. The first kappa shape index (κ1) is 19.0. The summed E-state index contributed by atoms with van der Waals surface area (Å²) in [6.07, 6.45) is 0.547. The standard InChI is InChI=1S/C11H13O3.2C4H9.Al/c1-8-7-10(12)14-11(13-8)9-5-3-2-4-6-9;2*1-4(2)3;/h2-6,8,10-11H,7H2,1H3;2*4H,1H2,2-3H3;/q-1;;;+1/t8-,10-,11-;;;/m0.../s1. The molecule has 1 fully saturated rings. The van der Waals surface area contributed by atoms with E-state index in [1.807, 2.05) is 18.2 Å². The molecule has 128 valence electrons. The van der Waals surface area contributed by atoms with Gasteiger partial charge in [0.15, 0.2) is 6.29 Å². The first-order valence-electron chi connectivity index (χ1n) is 8.95. The fourth-order valence-electron chi connectivity index (χ4n) is 3.09. The van der Waals surface area contributed by atoms with E-state index < -0.39 is 14.5 Å². The lowest BCUT2D eigenvalue weighted by Crippen LogP contribution is -2.38. The molecule has 0 N–H and O–H groups in total. The summed E-state index contributed by atoms with van der Waals surface area (Å²) in [5, 5.41) is 2.42. The van der Waals surface area contributed by atoms with Crippen LogP contribution in [-0.2, 0) is 13.3 Å². The molecule has 1 heterocycles. The van der Waals surface area contributed by atoms with E-state index in [9.17, 15) is 0 Å². The van der Waals surface area contributed by atoms with Crippen LogP contribution in [-0.4, -0.2) is 26.9 Å². The van der Waals surface area contributed by atoms with E-state index in [1.54, 1.807) is 0 Å². The second-order valence-corrected chi connectivity index (χ2v) is 9.97. The zero-order chi connectivity index (χ0) is 16.8. The first-order chi connectivity index (χ1) is 10.9. The van der Waals surface area contributed by atoms with Crippen molar-refractivity contribution >= 4 is 14.5 Å². The normalized spacial score (nSPS) is 25.1. The van der Waals surface area contributed by atoms with Crippen LogP contribution in [0.25, 0.3) is 0 Å². The Hall–Kier alpha value is -0.368. The molecule has 1 aromatic carbocycles. The van der Waals surface area contributed by atoms with Crippen LogP contribution < -0.4 is 0 Å². The van der Waals surface area contributed by atoms with Gasteiger partial charge in [-0.3, -0.25) is 0 Å². The summed E-state index contributed by atoms with van der Waals surface area (Å²) in [6.45, 7) is 11.2. The molecule has 23 heavy (non-hydrogen) atoms. The molecule has 3 atom stereocenters. The van der Waals surface area contributed by atoms with Gasteiger partial charge < -0.3 is 13.3 Å². The van der Waals surface area contributed by atoms with Crippen molar-refractivity contribution in [2.75, 3.05) is 0 Å². The van der Waals surface area contributed by atoms with Crippen molar-refractivity contribution < 1.29 is 13.3 Å². The Bertz CT molecular complexity index is 439. The number of benzene rings is 1. The molecule has 3 nitrogen and oxygen atoms in total. The highest BCUT2D eigenvalue weighted by atomic mass is 27.2. The van der Waals surface area contributed by atoms with Crippen LogP contribution in [0, 0.1) is 11.8 Å². The molecular formula is C19H31AlO3. The number of hydrogen-bond donors (Lipinski definition) is 0. The van der Waals surface area contributed by atoms with Crippen LogP contribution in [0.1, 0.15) is 52.9 Å². The molecule has 2 rings (SSSR count). The summed E-state index contributed by atoms with van der Waals surface area (Å²) in [5.41, 5.74) is 1.07. The Morgan fingerprint density at radius 1 is 1.04 bits per heavy atom. The number of hydrogen-bond acceptors (Lipinski definition) is 3. The molecule has 1 saturated heterocycles. The Labute approximate surface area is 146 Å². The highest BCUT2D eigenvalue weighted by Gasteiger charge is 2.33. The quantitative estimate of drug-likeness (QED) is 0.645. The molecule has 0 radical (unpaired) electrons. The fraction of sp³-hybridized carbons (Fsp3) is 0.684. The van der Waals surface area contributed by atoms with E-state index in [4.69, 9.17) is 13.3 Å². The van der Waals surface area contributed by atoms with E-state index >= 15 is 0 Å². The zero-order valence-electron chi connectivity index (χ0n) is 15.2. The van der Waals surface area contributed by atoms with Crippen molar-refractivity contribution in [3.63, 3.8) is 0 Å². The molecule has 1 aromatic rings. The summed E-state index contributed by atoms with van der Waals surface area (Å²) in [4.78, 5) is 0. The highest BCUT2D eigenvalue weighted by Crippen LogP contribution is 2.31. The molecule has 4 heteroatoms. The third-order valence-electron chi connectivity index (χ3n) is 4.04. The summed E-state index contributed by atoms with van der Waals surface area (Å²) in [5.74, 6) is 1.38. The van der Waals surface area contributed by atoms with Crippen molar-refractivity contribution in [2.45, 2.75) is 70.3 Å². The van der Waals surface area contributed by atoms with Gasteiger partial charge in [-0.25, -0.2) is 0 Å². The zero-order valence-corrected chi connectivity index (χ0v) is 16.4. The molecule has 0 amide bonds. The predicted octanol–water partition coefficient (Wildman–Crippen LogP) is 5.16. The topological polar surface area (TPSA) is 27.7 Å². The Morgan fingerprint density at radius 2 is 1.65 bits per heavy atom. The Balaban J connectivity index is 1.99. The van der Waals surface area contributed by atoms with Gasteiger partial charge in [0.1, 0.15) is 6.29 Å². The van der Waals surface area contributed by atoms with Crippen molar-refractivity contribution in [1.29, 1.82) is 0 Å². The van der Waals surface area contributed by atoms with Crippen molar-refractivity contribution in [1.82, 2.24) is 0 Å². The van der Waals surface area contributed by atoms with Crippen LogP contribution in [0.4, 0.5) is 0 Å². The molecule has 0 unspecified atom stereocenters. The summed E-state index contributed by atoms with van der Waals surface area (Å²) >= 11 is -1.25. The van der Waals surface area contributed by atoms with Crippen molar-refractivity contribution in [3.05, 3.63) is 35.9 Å². The van der Waals surface area contributed by atoms with Crippen LogP contribution in [0.5, 0.6) is 0 Å². The van der Waals surface area contributed by atoms with Crippen LogP contribution in [0.3, 0.4) is 0 Å². The minimum absolute atomic E-state index is 0.127. The average molecular weight is 334 g/mol. The van der Waals surface area contributed by atoms with Gasteiger partial charge in [0, 0.05) is 12.0 Å². The third kappa shape index (κ3) is 6.57. The maximum atomic E-state index is 6.47. The number of rotatable bonds is 7. The maximum absolute atomic E-state index is 6.47. The van der Waals surface area contributed by atoms with Gasteiger partial charge in [0.25, 0.3) is 0 Å². The maximum Gasteiger partial charge on any atom is 0.463 e. The van der Waals surface area contributed by atoms with Crippen LogP contribution in [0.2, 0.25) is 10.6 Å². The largest absolute Gasteiger partial charge is 0.477 e. The minimum Gasteiger partial charge on any atom is -0.477 e. The molecule has 0 spiro atoms. The highest BCUT2D eigenvalue weighted by molar-refractivity contribution is 6.52. The third-order valence-corrected chi connectivity index (χ3v) is 7.67. The lowest BCUT2D eigenvalue weighted by molar-refractivity contribution is -0.288. The molecule has 1 aliphatic heterocycles. The predicted molar refractivity (Wildman–Crippen MR) is 95.3 cm³/mol. The van der Waals surface area contributed by atoms with Gasteiger partial charge in [-0.15, -0.1) is 0 Å². The lowest BCUT2D eigenvalue weighted by Gasteiger charge is -2.36. The molecule has 0 saturated carbocycles. The van der Waals surface area contributed by atoms with E-state index in [1.165, 1.54) is 10.6 Å². The SMILES string of the molecule is CC(C)[CH2][Al]([CH2]C(C)C)[O][C@@H]1C[C@H](C)O[C@H](c2ccccc2)O1. The summed E-state index contributed by atoms with van der Waals surface area (Å²) < 4.78 is 18.6. The van der Waals surface area contributed by atoms with E-state index in [2.05, 4.69) is 46.8 Å². The van der Waals surface area contributed by atoms with E-state index in [-0.39, 0.29) is 18.7 Å². The smallest absolute Gasteiger partial charge is 0.463 e. The Kier molecular flexibility index (Phi) is 7.59. The van der Waals surface area contributed by atoms with Gasteiger partial charge in [0.2, 0.25) is 0 Å². The second kappa shape index (κ2) is 9.20. The van der Waals surface area contributed by atoms with E-state index in [0.717, 1.165) is 12.0 Å². The molecular weight excluding hydrogens is 303 g/mol. The van der Waals surface area contributed by atoms with Crippen molar-refractivity contribution in [2.24, 2.45) is 11.8 Å². The van der Waals surface area contributed by atoms with Crippen molar-refractivity contribution in [3.8, 4) is 0 Å². The molecule has 1 aliphatic rings. The monoisotopic (exact) mass is 334 g/mol. The molecule has 0 aromatic heterocycles. The molecule has 0 bridgehead atoms. The van der Waals surface area contributed by atoms with Gasteiger partial charge in [0.05, 0.1) is 6.10 Å². The number of ether oxygens (including phenoxy) is 2. The van der Waals surface area contributed by atoms with Gasteiger partial charge >= 0.3 is 14.5 Å². The average Bonchev–Trinajstić information content (AvgIpc) is 2.46. The summed E-state index contributed by atoms with van der Waals surface area (Å²) in [7, 11) is 0. The van der Waals surface area contributed by atoms with Crippen LogP contribution in [0.15, 0.2) is 30.3 Å². The Morgan fingerprint density at radius 3 is 2.22 bits per heavy atom. The van der Waals surface area contributed by atoms with E-state index in [0.29, 0.717) is 11.8 Å². The van der Waals surface area contributed by atoms with Gasteiger partial charge in [-0.05, 0) is 6.92 Å². The van der Waals surface area contributed by atoms with Crippen LogP contribution >= 0.6 is 0 Å². The first-order valence-corrected chi connectivity index (χ1v) is 11.1. The minimum atomic E-state index is -1.25. The fourth-order valence-corrected chi connectivity index (χ4v) is 6.21. The van der Waals surface area contributed by atoms with Gasteiger partial charge in [-0.1, -0.05) is 80.4 Å². The lowest BCUT2D eigenvalue weighted by atomic mass is 10.2. The molecule has 0 aliphatic carbocycles. The summed E-state index contributed by atoms with van der Waals surface area (Å²) in [6, 6.07) is 10.2.